The first kappa shape index (κ1) is 12.7. The molecule has 0 bridgehead atoms. The summed E-state index contributed by atoms with van der Waals surface area (Å²) in [4.78, 5) is 2.22. The lowest BCUT2D eigenvalue weighted by atomic mass is 10.2. The third-order valence-corrected chi connectivity index (χ3v) is 2.60. The first-order valence-electron chi connectivity index (χ1n) is 6.21. The van der Waals surface area contributed by atoms with Crippen molar-refractivity contribution in [3.05, 3.63) is 12.1 Å². The molecule has 0 atom stereocenters. The highest BCUT2D eigenvalue weighted by atomic mass is 15.6. The Morgan fingerprint density at radius 1 is 1.39 bits per heavy atom. The second kappa shape index (κ2) is 5.72. The molecule has 2 N–H and O–H groups in total. The molecule has 0 saturated carbocycles. The SMILES string of the molecule is CC(C)CN(CCCN)c1ccc2nnnn2n1. The summed E-state index contributed by atoms with van der Waals surface area (Å²) in [7, 11) is 0. The fraction of sp³-hybridized carbons (Fsp3) is 0.636. The van der Waals surface area contributed by atoms with Gasteiger partial charge < -0.3 is 10.6 Å². The molecule has 0 aliphatic heterocycles. The van der Waals surface area contributed by atoms with Gasteiger partial charge in [-0.1, -0.05) is 13.8 Å². The summed E-state index contributed by atoms with van der Waals surface area (Å²) in [5, 5.41) is 15.7. The minimum absolute atomic E-state index is 0.564. The highest BCUT2D eigenvalue weighted by Gasteiger charge is 2.11. The monoisotopic (exact) mass is 249 g/mol. The zero-order valence-corrected chi connectivity index (χ0v) is 10.8. The van der Waals surface area contributed by atoms with Gasteiger partial charge in [0.1, 0.15) is 0 Å². The third kappa shape index (κ3) is 2.92. The van der Waals surface area contributed by atoms with E-state index in [-0.39, 0.29) is 0 Å². The molecule has 0 amide bonds. The molecule has 2 heterocycles. The van der Waals surface area contributed by atoms with Crippen LogP contribution in [0.5, 0.6) is 0 Å². The molecule has 18 heavy (non-hydrogen) atoms. The minimum atomic E-state index is 0.564. The Balaban J connectivity index is 2.21. The van der Waals surface area contributed by atoms with Gasteiger partial charge in [0.2, 0.25) is 0 Å². The van der Waals surface area contributed by atoms with Crippen molar-refractivity contribution in [1.29, 1.82) is 0 Å². The number of aromatic nitrogens is 5. The van der Waals surface area contributed by atoms with Gasteiger partial charge in [-0.3, -0.25) is 0 Å². The lowest BCUT2D eigenvalue weighted by molar-refractivity contribution is 0.589. The van der Waals surface area contributed by atoms with Crippen LogP contribution < -0.4 is 10.6 Å². The van der Waals surface area contributed by atoms with Gasteiger partial charge in [0.25, 0.3) is 0 Å². The van der Waals surface area contributed by atoms with Crippen molar-refractivity contribution >= 4 is 11.5 Å². The van der Waals surface area contributed by atoms with Gasteiger partial charge in [-0.05, 0) is 41.4 Å². The number of nitrogens with two attached hydrogens (primary N) is 1. The Bertz CT molecular complexity index is 493. The van der Waals surface area contributed by atoms with Gasteiger partial charge in [-0.25, -0.2) is 0 Å². The van der Waals surface area contributed by atoms with Gasteiger partial charge in [0.15, 0.2) is 11.5 Å². The first-order chi connectivity index (χ1) is 8.70. The van der Waals surface area contributed by atoms with E-state index in [1.165, 1.54) is 4.63 Å². The van der Waals surface area contributed by atoms with E-state index in [0.717, 1.165) is 25.3 Å². The van der Waals surface area contributed by atoms with Crippen LogP contribution >= 0.6 is 0 Å². The molecular weight excluding hydrogens is 230 g/mol. The maximum absolute atomic E-state index is 5.58. The average molecular weight is 249 g/mol. The van der Waals surface area contributed by atoms with Crippen molar-refractivity contribution in [3.63, 3.8) is 0 Å². The molecule has 0 saturated heterocycles. The standard InChI is InChI=1S/C11H19N7/c1-9(2)8-17(7-3-6-12)11-5-4-10-13-15-16-18(10)14-11/h4-5,9H,3,6-8,12H2,1-2H3. The first-order valence-corrected chi connectivity index (χ1v) is 6.21. The molecule has 0 aliphatic carbocycles. The molecule has 2 aromatic heterocycles. The van der Waals surface area contributed by atoms with Gasteiger partial charge in [0, 0.05) is 13.1 Å². The van der Waals surface area contributed by atoms with Gasteiger partial charge in [-0.15, -0.1) is 14.8 Å². The zero-order valence-electron chi connectivity index (χ0n) is 10.8. The van der Waals surface area contributed by atoms with Crippen LogP contribution in [0.3, 0.4) is 0 Å². The van der Waals surface area contributed by atoms with Crippen LogP contribution in [-0.2, 0) is 0 Å². The summed E-state index contributed by atoms with van der Waals surface area (Å²) < 4.78 is 1.45. The van der Waals surface area contributed by atoms with Crippen molar-refractivity contribution in [1.82, 2.24) is 25.3 Å². The van der Waals surface area contributed by atoms with E-state index >= 15 is 0 Å². The molecule has 0 fully saturated rings. The number of hydrogen-bond acceptors (Lipinski definition) is 6. The summed E-state index contributed by atoms with van der Waals surface area (Å²) in [6, 6.07) is 3.82. The van der Waals surface area contributed by atoms with Crippen LogP contribution in [0.4, 0.5) is 5.82 Å². The van der Waals surface area contributed by atoms with Gasteiger partial charge >= 0.3 is 0 Å². The van der Waals surface area contributed by atoms with Crippen molar-refractivity contribution in [3.8, 4) is 0 Å². The van der Waals surface area contributed by atoms with E-state index in [9.17, 15) is 0 Å². The van der Waals surface area contributed by atoms with Crippen molar-refractivity contribution in [2.45, 2.75) is 20.3 Å². The second-order valence-electron chi connectivity index (χ2n) is 4.70. The molecule has 0 unspecified atom stereocenters. The number of rotatable bonds is 6. The highest BCUT2D eigenvalue weighted by Crippen LogP contribution is 2.13. The number of nitrogens with zero attached hydrogens (tertiary/aromatic N) is 6. The molecule has 7 heteroatoms. The fourth-order valence-corrected chi connectivity index (χ4v) is 1.83. The third-order valence-electron chi connectivity index (χ3n) is 2.60. The summed E-state index contributed by atoms with van der Waals surface area (Å²) in [5.41, 5.74) is 6.23. The highest BCUT2D eigenvalue weighted by molar-refractivity contribution is 5.44. The van der Waals surface area contributed by atoms with Crippen LogP contribution in [-0.4, -0.2) is 44.9 Å². The summed E-state index contributed by atoms with van der Waals surface area (Å²) in [5.74, 6) is 1.45. The molecule has 7 nitrogen and oxygen atoms in total. The lowest BCUT2D eigenvalue weighted by Crippen LogP contribution is -2.31. The quantitative estimate of drug-likeness (QED) is 0.794. The lowest BCUT2D eigenvalue weighted by Gasteiger charge is -2.25. The maximum atomic E-state index is 5.58. The molecule has 0 spiro atoms. The summed E-state index contributed by atoms with van der Waals surface area (Å²) in [6.45, 7) is 6.90. The predicted molar refractivity (Wildman–Crippen MR) is 69.3 cm³/mol. The van der Waals surface area contributed by atoms with E-state index in [2.05, 4.69) is 39.4 Å². The Morgan fingerprint density at radius 3 is 2.94 bits per heavy atom. The molecule has 0 aliphatic rings. The topological polar surface area (TPSA) is 85.2 Å². The number of fused-ring (bicyclic) bond motifs is 1. The van der Waals surface area contributed by atoms with E-state index in [4.69, 9.17) is 5.73 Å². The van der Waals surface area contributed by atoms with Gasteiger partial charge in [0.05, 0.1) is 0 Å². The summed E-state index contributed by atoms with van der Waals surface area (Å²) >= 11 is 0. The Labute approximate surface area is 106 Å². The van der Waals surface area contributed by atoms with Gasteiger partial charge in [-0.2, -0.15) is 0 Å². The minimum Gasteiger partial charge on any atom is -0.355 e. The maximum Gasteiger partial charge on any atom is 0.200 e. The number of hydrogen-bond donors (Lipinski definition) is 1. The van der Waals surface area contributed by atoms with Crippen LogP contribution in [0.2, 0.25) is 0 Å². The van der Waals surface area contributed by atoms with E-state index < -0.39 is 0 Å². The Morgan fingerprint density at radius 2 is 2.22 bits per heavy atom. The zero-order chi connectivity index (χ0) is 13.0. The predicted octanol–water partition coefficient (Wildman–Crippen LogP) is 0.330. The molecular formula is C11H19N7. The van der Waals surface area contributed by atoms with Crippen molar-refractivity contribution in [2.24, 2.45) is 11.7 Å². The van der Waals surface area contributed by atoms with E-state index in [1.807, 2.05) is 12.1 Å². The van der Waals surface area contributed by atoms with E-state index in [1.54, 1.807) is 0 Å². The Kier molecular flexibility index (Phi) is 4.03. The fourth-order valence-electron chi connectivity index (χ4n) is 1.83. The van der Waals surface area contributed by atoms with Crippen LogP contribution in [0.1, 0.15) is 20.3 Å². The van der Waals surface area contributed by atoms with Crippen LogP contribution in [0.15, 0.2) is 12.1 Å². The van der Waals surface area contributed by atoms with E-state index in [0.29, 0.717) is 18.1 Å². The average Bonchev–Trinajstić information content (AvgIpc) is 2.81. The summed E-state index contributed by atoms with van der Waals surface area (Å²) in [6.07, 6.45) is 0.946. The smallest absolute Gasteiger partial charge is 0.200 e. The molecule has 98 valence electrons. The van der Waals surface area contributed by atoms with Crippen molar-refractivity contribution < 1.29 is 0 Å². The van der Waals surface area contributed by atoms with Crippen molar-refractivity contribution in [2.75, 3.05) is 24.5 Å². The van der Waals surface area contributed by atoms with Crippen LogP contribution in [0.25, 0.3) is 5.65 Å². The normalized spacial score (nSPS) is 11.3. The number of tetrazole rings is 1. The number of anilines is 1. The molecule has 2 rings (SSSR count). The molecule has 0 radical (unpaired) electrons. The largest absolute Gasteiger partial charge is 0.355 e. The van der Waals surface area contributed by atoms with Crippen LogP contribution in [0, 0.1) is 5.92 Å². The Hall–Kier alpha value is -1.76. The molecule has 2 aromatic rings. The second-order valence-corrected chi connectivity index (χ2v) is 4.70. The molecule has 0 aromatic carbocycles.